The summed E-state index contributed by atoms with van der Waals surface area (Å²) in [5.74, 6) is 1.02. The molecule has 3 aromatic rings. The Morgan fingerprint density at radius 1 is 1.00 bits per heavy atom. The van der Waals surface area contributed by atoms with E-state index < -0.39 is 0 Å². The minimum Gasteiger partial charge on any atom is -0.493 e. The largest absolute Gasteiger partial charge is 0.493 e. The molecule has 0 aromatic heterocycles. The average molecular weight is 564 g/mol. The van der Waals surface area contributed by atoms with E-state index in [4.69, 9.17) is 42.1 Å². The van der Waals surface area contributed by atoms with Gasteiger partial charge in [0.25, 0.3) is 0 Å². The summed E-state index contributed by atoms with van der Waals surface area (Å²) in [4.78, 5) is 14.6. The molecule has 1 heterocycles. The molecule has 0 bridgehead atoms. The van der Waals surface area contributed by atoms with Crippen molar-refractivity contribution in [2.45, 2.75) is 32.0 Å². The van der Waals surface area contributed by atoms with Crippen LogP contribution in [0.3, 0.4) is 0 Å². The SMILES string of the molecule is CC[C@@H](COCc1ccc(OC)c(OC)c1)N1C(=O)COC[C@H]1c1ccc(Cl)cc1.Fc1cccc(Cl)c1. The van der Waals surface area contributed by atoms with Gasteiger partial charge in [-0.2, -0.15) is 0 Å². The Balaban J connectivity index is 0.000000427. The third kappa shape index (κ3) is 8.33. The van der Waals surface area contributed by atoms with Crippen LogP contribution in [0.15, 0.2) is 66.7 Å². The quantitative estimate of drug-likeness (QED) is 0.289. The second kappa shape index (κ2) is 14.9. The highest BCUT2D eigenvalue weighted by atomic mass is 35.5. The van der Waals surface area contributed by atoms with E-state index in [1.165, 1.54) is 12.1 Å². The van der Waals surface area contributed by atoms with Gasteiger partial charge in [0.15, 0.2) is 11.5 Å². The van der Waals surface area contributed by atoms with E-state index in [1.807, 2.05) is 47.4 Å². The first kappa shape index (κ1) is 29.7. The lowest BCUT2D eigenvalue weighted by molar-refractivity contribution is -0.154. The zero-order valence-corrected chi connectivity index (χ0v) is 23.2. The minimum atomic E-state index is -0.294. The molecular formula is C29H32Cl2FNO5. The fourth-order valence-corrected chi connectivity index (χ4v) is 4.43. The lowest BCUT2D eigenvalue weighted by Gasteiger charge is -2.41. The van der Waals surface area contributed by atoms with E-state index in [-0.39, 0.29) is 30.4 Å². The highest BCUT2D eigenvalue weighted by Gasteiger charge is 2.34. The Morgan fingerprint density at radius 2 is 1.74 bits per heavy atom. The normalized spacial score (nSPS) is 15.9. The van der Waals surface area contributed by atoms with Crippen molar-refractivity contribution < 1.29 is 28.1 Å². The van der Waals surface area contributed by atoms with Gasteiger partial charge in [0.05, 0.1) is 46.1 Å². The maximum atomic E-state index is 12.7. The molecule has 0 aliphatic carbocycles. The Labute approximate surface area is 233 Å². The van der Waals surface area contributed by atoms with E-state index in [2.05, 4.69) is 6.92 Å². The van der Waals surface area contributed by atoms with Crippen LogP contribution < -0.4 is 9.47 Å². The molecule has 4 rings (SSSR count). The van der Waals surface area contributed by atoms with Crippen LogP contribution in [0.25, 0.3) is 0 Å². The van der Waals surface area contributed by atoms with Gasteiger partial charge in [-0.15, -0.1) is 0 Å². The van der Waals surface area contributed by atoms with Gasteiger partial charge in [-0.25, -0.2) is 4.39 Å². The fourth-order valence-electron chi connectivity index (χ4n) is 4.12. The maximum absolute atomic E-state index is 12.7. The molecule has 1 aliphatic rings. The molecule has 2 atom stereocenters. The summed E-state index contributed by atoms with van der Waals surface area (Å²) in [7, 11) is 3.22. The first-order valence-electron chi connectivity index (χ1n) is 12.2. The molecule has 1 saturated heterocycles. The van der Waals surface area contributed by atoms with Crippen molar-refractivity contribution in [2.24, 2.45) is 0 Å². The van der Waals surface area contributed by atoms with Gasteiger partial charge >= 0.3 is 0 Å². The van der Waals surface area contributed by atoms with E-state index >= 15 is 0 Å². The molecule has 1 fully saturated rings. The number of rotatable bonds is 9. The second-order valence-corrected chi connectivity index (χ2v) is 9.46. The van der Waals surface area contributed by atoms with Gasteiger partial charge in [0, 0.05) is 10.0 Å². The molecule has 0 unspecified atom stereocenters. The van der Waals surface area contributed by atoms with Gasteiger partial charge in [-0.1, -0.05) is 54.4 Å². The molecule has 0 spiro atoms. The Bertz CT molecular complexity index is 1160. The minimum absolute atomic E-state index is 0.0252. The zero-order chi connectivity index (χ0) is 27.5. The first-order chi connectivity index (χ1) is 18.4. The Morgan fingerprint density at radius 3 is 2.34 bits per heavy atom. The van der Waals surface area contributed by atoms with E-state index in [1.54, 1.807) is 26.4 Å². The van der Waals surface area contributed by atoms with Crippen LogP contribution in [0.4, 0.5) is 4.39 Å². The smallest absolute Gasteiger partial charge is 0.249 e. The van der Waals surface area contributed by atoms with Gasteiger partial charge in [0.1, 0.15) is 12.4 Å². The number of nitrogens with zero attached hydrogens (tertiary/aromatic N) is 1. The monoisotopic (exact) mass is 563 g/mol. The van der Waals surface area contributed by atoms with Crippen LogP contribution in [-0.2, 0) is 20.9 Å². The molecule has 0 radical (unpaired) electrons. The molecule has 1 amide bonds. The number of methoxy groups -OCH3 is 2. The van der Waals surface area contributed by atoms with Gasteiger partial charge in [0.2, 0.25) is 5.91 Å². The molecule has 0 N–H and O–H groups in total. The number of ether oxygens (including phenoxy) is 4. The van der Waals surface area contributed by atoms with Crippen molar-refractivity contribution in [3.05, 3.63) is 93.7 Å². The zero-order valence-electron chi connectivity index (χ0n) is 21.7. The molecule has 1 aliphatic heterocycles. The fraction of sp³-hybridized carbons (Fsp3) is 0.345. The van der Waals surface area contributed by atoms with E-state index in [0.717, 1.165) is 17.5 Å². The van der Waals surface area contributed by atoms with E-state index in [0.29, 0.717) is 41.4 Å². The predicted octanol–water partition coefficient (Wildman–Crippen LogP) is 6.73. The van der Waals surface area contributed by atoms with Crippen molar-refractivity contribution >= 4 is 29.1 Å². The number of hydrogen-bond donors (Lipinski definition) is 0. The third-order valence-electron chi connectivity index (χ3n) is 6.06. The van der Waals surface area contributed by atoms with Crippen molar-refractivity contribution in [1.82, 2.24) is 4.90 Å². The number of benzene rings is 3. The van der Waals surface area contributed by atoms with Crippen molar-refractivity contribution in [3.8, 4) is 11.5 Å². The van der Waals surface area contributed by atoms with E-state index in [9.17, 15) is 9.18 Å². The van der Waals surface area contributed by atoms with Gasteiger partial charge < -0.3 is 23.8 Å². The summed E-state index contributed by atoms with van der Waals surface area (Å²) in [6.07, 6.45) is 0.780. The molecule has 3 aromatic carbocycles. The summed E-state index contributed by atoms with van der Waals surface area (Å²) in [6.45, 7) is 3.46. The van der Waals surface area contributed by atoms with Crippen LogP contribution >= 0.6 is 23.2 Å². The van der Waals surface area contributed by atoms with Crippen LogP contribution in [0, 0.1) is 5.82 Å². The maximum Gasteiger partial charge on any atom is 0.249 e. The molecule has 38 heavy (non-hydrogen) atoms. The highest BCUT2D eigenvalue weighted by molar-refractivity contribution is 6.30. The standard InChI is InChI=1S/C23H28ClNO5.C6H4ClF/c1-4-19(13-29-12-16-5-10-21(27-2)22(11-16)28-3)25-20(14-30-15-23(25)26)17-6-8-18(24)9-7-17;7-5-2-1-3-6(8)4-5/h5-11,19-20H,4,12-15H2,1-3H3;1-4H/t19-,20-;/m0./s1. The predicted molar refractivity (Wildman–Crippen MR) is 147 cm³/mol. The number of morpholine rings is 1. The van der Waals surface area contributed by atoms with Crippen LogP contribution in [0.5, 0.6) is 11.5 Å². The summed E-state index contributed by atoms with van der Waals surface area (Å²) >= 11 is 11.4. The topological polar surface area (TPSA) is 57.2 Å². The lowest BCUT2D eigenvalue weighted by atomic mass is 10.0. The lowest BCUT2D eigenvalue weighted by Crippen LogP contribution is -2.51. The Kier molecular flexibility index (Phi) is 11.7. The number of carbonyl (C=O) groups is 1. The number of hydrogen-bond acceptors (Lipinski definition) is 5. The van der Waals surface area contributed by atoms with Crippen LogP contribution in [0.1, 0.15) is 30.5 Å². The Hall–Kier alpha value is -2.84. The molecule has 9 heteroatoms. The number of amides is 1. The van der Waals surface area contributed by atoms with Crippen LogP contribution in [0.2, 0.25) is 10.0 Å². The summed E-state index contributed by atoms with van der Waals surface area (Å²) in [6, 6.07) is 18.9. The molecule has 204 valence electrons. The summed E-state index contributed by atoms with van der Waals surface area (Å²) in [5, 5.41) is 1.10. The summed E-state index contributed by atoms with van der Waals surface area (Å²) < 4.78 is 34.2. The molecule has 0 saturated carbocycles. The number of halogens is 3. The van der Waals surface area contributed by atoms with Gasteiger partial charge in [-0.3, -0.25) is 4.79 Å². The van der Waals surface area contributed by atoms with Crippen molar-refractivity contribution in [1.29, 1.82) is 0 Å². The molecular weight excluding hydrogens is 532 g/mol. The average Bonchev–Trinajstić information content (AvgIpc) is 2.92. The second-order valence-electron chi connectivity index (χ2n) is 8.59. The molecule has 6 nitrogen and oxygen atoms in total. The number of carbonyl (C=O) groups excluding carboxylic acids is 1. The van der Waals surface area contributed by atoms with Crippen LogP contribution in [-0.4, -0.2) is 50.9 Å². The first-order valence-corrected chi connectivity index (χ1v) is 13.0. The van der Waals surface area contributed by atoms with Crippen molar-refractivity contribution in [3.63, 3.8) is 0 Å². The third-order valence-corrected chi connectivity index (χ3v) is 6.55. The summed E-state index contributed by atoms with van der Waals surface area (Å²) in [5.41, 5.74) is 1.98. The van der Waals surface area contributed by atoms with Gasteiger partial charge in [-0.05, 0) is 60.0 Å². The highest BCUT2D eigenvalue weighted by Crippen LogP contribution is 2.30. The van der Waals surface area contributed by atoms with Crippen molar-refractivity contribution in [2.75, 3.05) is 34.0 Å².